The van der Waals surface area contributed by atoms with Crippen molar-refractivity contribution in [3.05, 3.63) is 47.4 Å². The minimum absolute atomic E-state index is 0.0933. The number of aryl methyl sites for hydroxylation is 1. The highest BCUT2D eigenvalue weighted by Crippen LogP contribution is 2.42. The smallest absolute Gasteiger partial charge is 0.382 e. The Balaban J connectivity index is 1.91. The van der Waals surface area contributed by atoms with Crippen LogP contribution in [0.5, 0.6) is 0 Å². The molecule has 0 amide bonds. The van der Waals surface area contributed by atoms with Gasteiger partial charge in [0.15, 0.2) is 17.2 Å². The molecule has 0 spiro atoms. The van der Waals surface area contributed by atoms with Crippen LogP contribution in [0.4, 0.5) is 23.4 Å². The Hall–Kier alpha value is -2.68. The predicted molar refractivity (Wildman–Crippen MR) is 95.2 cm³/mol. The summed E-state index contributed by atoms with van der Waals surface area (Å²) in [6.45, 7) is 1.78. The second-order valence-electron chi connectivity index (χ2n) is 7.16. The highest BCUT2D eigenvalue weighted by molar-refractivity contribution is 5.72. The van der Waals surface area contributed by atoms with Gasteiger partial charge in [0.25, 0.3) is 0 Å². The van der Waals surface area contributed by atoms with Crippen molar-refractivity contribution in [2.45, 2.75) is 44.1 Å². The number of nitrogens with two attached hydrogens (primary N) is 1. The molecule has 2 aromatic heterocycles. The van der Waals surface area contributed by atoms with E-state index in [-0.39, 0.29) is 17.9 Å². The highest BCUT2D eigenvalue weighted by Gasteiger charge is 2.43. The SMILES string of the molecule is Cc1ccc(C2(O)CCCC2F)cc1-c1cnc2c(N)nc(C(F)(F)F)cn12. The van der Waals surface area contributed by atoms with E-state index in [1.165, 1.54) is 10.6 Å². The van der Waals surface area contributed by atoms with Gasteiger partial charge in [-0.2, -0.15) is 13.2 Å². The van der Waals surface area contributed by atoms with Crippen molar-refractivity contribution in [2.24, 2.45) is 0 Å². The van der Waals surface area contributed by atoms with Gasteiger partial charge in [0, 0.05) is 11.8 Å². The van der Waals surface area contributed by atoms with Crippen LogP contribution in [-0.4, -0.2) is 25.6 Å². The lowest BCUT2D eigenvalue weighted by Crippen LogP contribution is -2.31. The fraction of sp³-hybridized carbons (Fsp3) is 0.368. The number of benzene rings is 1. The zero-order valence-corrected chi connectivity index (χ0v) is 15.0. The van der Waals surface area contributed by atoms with Crippen molar-refractivity contribution in [1.82, 2.24) is 14.4 Å². The van der Waals surface area contributed by atoms with Gasteiger partial charge in [-0.1, -0.05) is 12.1 Å². The molecule has 4 rings (SSSR count). The average molecular weight is 394 g/mol. The fourth-order valence-corrected chi connectivity index (χ4v) is 3.79. The van der Waals surface area contributed by atoms with Crippen molar-refractivity contribution in [2.75, 3.05) is 5.73 Å². The second kappa shape index (κ2) is 6.16. The van der Waals surface area contributed by atoms with Gasteiger partial charge in [-0.05, 0) is 43.4 Å². The van der Waals surface area contributed by atoms with Gasteiger partial charge < -0.3 is 10.8 Å². The molecule has 1 aliphatic rings. The third-order valence-electron chi connectivity index (χ3n) is 5.36. The van der Waals surface area contributed by atoms with Crippen LogP contribution in [0.15, 0.2) is 30.6 Å². The summed E-state index contributed by atoms with van der Waals surface area (Å²) < 4.78 is 55.0. The molecular formula is C19H18F4N4O. The Labute approximate surface area is 157 Å². The van der Waals surface area contributed by atoms with Gasteiger partial charge in [0.2, 0.25) is 0 Å². The summed E-state index contributed by atoms with van der Waals surface area (Å²) in [4.78, 5) is 7.47. The predicted octanol–water partition coefficient (Wildman–Crippen LogP) is 4.02. The number of nitrogen functional groups attached to an aromatic ring is 1. The molecule has 1 aromatic carbocycles. The first-order valence-electron chi connectivity index (χ1n) is 8.80. The van der Waals surface area contributed by atoms with Crippen LogP contribution in [0.3, 0.4) is 0 Å². The van der Waals surface area contributed by atoms with Gasteiger partial charge in [-0.3, -0.25) is 4.40 Å². The van der Waals surface area contributed by atoms with Gasteiger partial charge in [-0.15, -0.1) is 0 Å². The fourth-order valence-electron chi connectivity index (χ4n) is 3.79. The highest BCUT2D eigenvalue weighted by atomic mass is 19.4. The number of fused-ring (bicyclic) bond motifs is 1. The molecule has 5 nitrogen and oxygen atoms in total. The van der Waals surface area contributed by atoms with E-state index in [9.17, 15) is 22.7 Å². The van der Waals surface area contributed by atoms with E-state index in [4.69, 9.17) is 5.73 Å². The van der Waals surface area contributed by atoms with Crippen molar-refractivity contribution in [3.8, 4) is 11.3 Å². The van der Waals surface area contributed by atoms with E-state index >= 15 is 0 Å². The van der Waals surface area contributed by atoms with E-state index < -0.39 is 23.6 Å². The Bertz CT molecular complexity index is 1060. The summed E-state index contributed by atoms with van der Waals surface area (Å²) >= 11 is 0. The molecule has 3 N–H and O–H groups in total. The van der Waals surface area contributed by atoms with Crippen LogP contribution in [0.2, 0.25) is 0 Å². The number of halogens is 4. The molecular weight excluding hydrogens is 376 g/mol. The molecule has 0 radical (unpaired) electrons. The summed E-state index contributed by atoms with van der Waals surface area (Å²) in [6, 6.07) is 4.97. The lowest BCUT2D eigenvalue weighted by Gasteiger charge is -2.26. The first kappa shape index (κ1) is 18.7. The van der Waals surface area contributed by atoms with Crippen molar-refractivity contribution in [3.63, 3.8) is 0 Å². The van der Waals surface area contributed by atoms with E-state index in [0.717, 1.165) is 11.8 Å². The number of anilines is 1. The van der Waals surface area contributed by atoms with Gasteiger partial charge in [0.05, 0.1) is 11.9 Å². The molecule has 148 valence electrons. The lowest BCUT2D eigenvalue weighted by molar-refractivity contribution is -0.141. The van der Waals surface area contributed by atoms with E-state index in [2.05, 4.69) is 9.97 Å². The quantitative estimate of drug-likeness (QED) is 0.644. The minimum Gasteiger partial charge on any atom is -0.382 e. The maximum atomic E-state index is 14.3. The normalized spacial score (nSPS) is 22.9. The zero-order chi connectivity index (χ0) is 20.3. The molecule has 2 unspecified atom stereocenters. The van der Waals surface area contributed by atoms with E-state index in [0.29, 0.717) is 29.7 Å². The maximum Gasteiger partial charge on any atom is 0.434 e. The Morgan fingerprint density at radius 1 is 1.32 bits per heavy atom. The molecule has 2 atom stereocenters. The number of imidazole rings is 1. The van der Waals surface area contributed by atoms with E-state index in [1.807, 2.05) is 0 Å². The third kappa shape index (κ3) is 2.81. The maximum absolute atomic E-state index is 14.3. The minimum atomic E-state index is -4.67. The van der Waals surface area contributed by atoms with Gasteiger partial charge >= 0.3 is 6.18 Å². The van der Waals surface area contributed by atoms with Crippen LogP contribution in [0.25, 0.3) is 16.9 Å². The van der Waals surface area contributed by atoms with Crippen LogP contribution in [0, 0.1) is 6.92 Å². The molecule has 3 aromatic rings. The topological polar surface area (TPSA) is 76.4 Å². The molecule has 9 heteroatoms. The lowest BCUT2D eigenvalue weighted by atomic mass is 9.88. The summed E-state index contributed by atoms with van der Waals surface area (Å²) in [6.07, 6.45) is -2.70. The largest absolute Gasteiger partial charge is 0.434 e. The molecule has 0 bridgehead atoms. The zero-order valence-electron chi connectivity index (χ0n) is 15.0. The molecule has 1 fully saturated rings. The Morgan fingerprint density at radius 2 is 2.07 bits per heavy atom. The van der Waals surface area contributed by atoms with Crippen LogP contribution >= 0.6 is 0 Å². The van der Waals surface area contributed by atoms with Crippen molar-refractivity contribution >= 4 is 11.5 Å². The third-order valence-corrected chi connectivity index (χ3v) is 5.36. The molecule has 0 aliphatic heterocycles. The molecule has 28 heavy (non-hydrogen) atoms. The summed E-state index contributed by atoms with van der Waals surface area (Å²) in [5.41, 5.74) is 5.06. The van der Waals surface area contributed by atoms with Gasteiger partial charge in [0.1, 0.15) is 11.8 Å². The second-order valence-corrected chi connectivity index (χ2v) is 7.16. The monoisotopic (exact) mass is 394 g/mol. The Kier molecular flexibility index (Phi) is 4.11. The average Bonchev–Trinajstić information content (AvgIpc) is 3.19. The van der Waals surface area contributed by atoms with Crippen LogP contribution in [-0.2, 0) is 11.8 Å². The summed E-state index contributed by atoms with van der Waals surface area (Å²) in [7, 11) is 0. The van der Waals surface area contributed by atoms with Crippen LogP contribution < -0.4 is 5.73 Å². The number of nitrogens with zero attached hydrogens (tertiary/aromatic N) is 3. The number of alkyl halides is 4. The Morgan fingerprint density at radius 3 is 2.71 bits per heavy atom. The molecule has 1 aliphatic carbocycles. The van der Waals surface area contributed by atoms with Crippen LogP contribution in [0.1, 0.15) is 36.1 Å². The number of aromatic nitrogens is 3. The molecule has 0 saturated heterocycles. The molecule has 2 heterocycles. The summed E-state index contributed by atoms with van der Waals surface area (Å²) in [5.74, 6) is -0.340. The number of hydrogen-bond donors (Lipinski definition) is 2. The molecule has 1 saturated carbocycles. The van der Waals surface area contributed by atoms with Gasteiger partial charge in [-0.25, -0.2) is 14.4 Å². The standard InChI is InChI=1S/C19H18F4N4O/c1-10-4-5-11(18(28)6-2-3-14(18)20)7-12(10)13-8-25-17-16(24)26-15(9-27(13)17)19(21,22)23/h4-5,7-9,14,28H,2-3,6H2,1H3,(H2,24,26). The number of hydrogen-bond acceptors (Lipinski definition) is 4. The van der Waals surface area contributed by atoms with E-state index in [1.54, 1.807) is 25.1 Å². The number of rotatable bonds is 2. The first-order chi connectivity index (χ1) is 13.1. The van der Waals surface area contributed by atoms with Crippen molar-refractivity contribution in [1.29, 1.82) is 0 Å². The number of aliphatic hydroxyl groups is 1. The summed E-state index contributed by atoms with van der Waals surface area (Å²) in [5, 5.41) is 10.8. The van der Waals surface area contributed by atoms with Crippen molar-refractivity contribution < 1.29 is 22.7 Å². The first-order valence-corrected chi connectivity index (χ1v) is 8.80.